The van der Waals surface area contributed by atoms with E-state index in [-0.39, 0.29) is 0 Å². The molecule has 2 rings (SSSR count). The van der Waals surface area contributed by atoms with Crippen LogP contribution in [0.1, 0.15) is 30.9 Å². The number of anilines is 1. The summed E-state index contributed by atoms with van der Waals surface area (Å²) >= 11 is 0. The number of hydrogen-bond acceptors (Lipinski definition) is 2. The molecule has 2 aromatic rings. The Morgan fingerprint density at radius 3 is 2.42 bits per heavy atom. The number of nitrogens with one attached hydrogen (secondary N) is 1. The number of benzene rings is 2. The van der Waals surface area contributed by atoms with Crippen LogP contribution in [0.15, 0.2) is 48.5 Å². The summed E-state index contributed by atoms with van der Waals surface area (Å²) in [6.45, 7) is 5.18. The minimum atomic E-state index is 0.529. The maximum absolute atomic E-state index is 5.43. The van der Waals surface area contributed by atoms with Crippen molar-refractivity contribution in [3.8, 4) is 5.75 Å². The molecule has 0 bridgehead atoms. The van der Waals surface area contributed by atoms with Crippen LogP contribution in [0.25, 0.3) is 0 Å². The van der Waals surface area contributed by atoms with E-state index in [1.165, 1.54) is 11.1 Å². The molecule has 19 heavy (non-hydrogen) atoms. The third-order valence-corrected chi connectivity index (χ3v) is 3.23. The predicted octanol–water partition coefficient (Wildman–Crippen LogP) is 4.43. The van der Waals surface area contributed by atoms with Gasteiger partial charge in [0.25, 0.3) is 0 Å². The molecule has 0 aliphatic heterocycles. The van der Waals surface area contributed by atoms with Crippen LogP contribution in [0.2, 0.25) is 0 Å². The lowest BCUT2D eigenvalue weighted by Gasteiger charge is -2.14. The van der Waals surface area contributed by atoms with E-state index in [1.807, 2.05) is 18.2 Å². The van der Waals surface area contributed by atoms with Crippen LogP contribution in [0, 0.1) is 0 Å². The third kappa shape index (κ3) is 3.50. The lowest BCUT2D eigenvalue weighted by molar-refractivity contribution is 0.410. The second kappa shape index (κ2) is 6.28. The first-order chi connectivity index (χ1) is 9.20. The zero-order valence-corrected chi connectivity index (χ0v) is 11.8. The molecule has 0 aliphatic carbocycles. The fourth-order valence-corrected chi connectivity index (χ4v) is 2.05. The highest BCUT2D eigenvalue weighted by Gasteiger charge is 2.06. The Kier molecular flexibility index (Phi) is 4.45. The Labute approximate surface area is 115 Å². The van der Waals surface area contributed by atoms with E-state index >= 15 is 0 Å². The molecule has 0 aliphatic rings. The van der Waals surface area contributed by atoms with Gasteiger partial charge in [-0.15, -0.1) is 0 Å². The summed E-state index contributed by atoms with van der Waals surface area (Å²) in [5, 5.41) is 3.42. The summed E-state index contributed by atoms with van der Waals surface area (Å²) in [6, 6.07) is 16.6. The van der Waals surface area contributed by atoms with Crippen molar-refractivity contribution in [2.45, 2.75) is 26.3 Å². The van der Waals surface area contributed by atoms with Crippen molar-refractivity contribution in [1.82, 2.24) is 0 Å². The smallest absolute Gasteiger partial charge is 0.123 e. The van der Waals surface area contributed by atoms with Crippen molar-refractivity contribution < 1.29 is 4.74 Å². The average Bonchev–Trinajstić information content (AvgIpc) is 2.45. The first-order valence-electron chi connectivity index (χ1n) is 6.66. The predicted molar refractivity (Wildman–Crippen MR) is 80.9 cm³/mol. The van der Waals surface area contributed by atoms with Crippen molar-refractivity contribution in [2.24, 2.45) is 0 Å². The Hall–Kier alpha value is -1.96. The van der Waals surface area contributed by atoms with Crippen molar-refractivity contribution in [3.63, 3.8) is 0 Å². The van der Waals surface area contributed by atoms with E-state index in [4.69, 9.17) is 4.74 Å². The largest absolute Gasteiger partial charge is 0.496 e. The van der Waals surface area contributed by atoms with Gasteiger partial charge in [-0.05, 0) is 29.7 Å². The second-order valence-corrected chi connectivity index (χ2v) is 4.95. The Bertz CT molecular complexity index is 520. The molecule has 0 fully saturated rings. The van der Waals surface area contributed by atoms with Gasteiger partial charge in [0.15, 0.2) is 0 Å². The van der Waals surface area contributed by atoms with E-state index in [1.54, 1.807) is 7.11 Å². The van der Waals surface area contributed by atoms with E-state index in [2.05, 4.69) is 49.5 Å². The summed E-state index contributed by atoms with van der Waals surface area (Å²) in [5.41, 5.74) is 3.66. The molecule has 2 heteroatoms. The van der Waals surface area contributed by atoms with Crippen molar-refractivity contribution in [1.29, 1.82) is 0 Å². The van der Waals surface area contributed by atoms with Gasteiger partial charge in [0, 0.05) is 17.8 Å². The molecule has 0 unspecified atom stereocenters. The van der Waals surface area contributed by atoms with Gasteiger partial charge < -0.3 is 10.1 Å². The first-order valence-corrected chi connectivity index (χ1v) is 6.66. The van der Waals surface area contributed by atoms with E-state index < -0.39 is 0 Å². The summed E-state index contributed by atoms with van der Waals surface area (Å²) in [6.07, 6.45) is 0. The van der Waals surface area contributed by atoms with Crippen LogP contribution < -0.4 is 10.1 Å². The quantitative estimate of drug-likeness (QED) is 0.853. The monoisotopic (exact) mass is 255 g/mol. The molecule has 0 saturated heterocycles. The SMILES string of the molecule is COc1ccc(C(C)C)cc1CNc1ccccc1. The fraction of sp³-hybridized carbons (Fsp3) is 0.294. The highest BCUT2D eigenvalue weighted by molar-refractivity contribution is 5.46. The second-order valence-electron chi connectivity index (χ2n) is 4.95. The van der Waals surface area contributed by atoms with Crippen molar-refractivity contribution >= 4 is 5.69 Å². The number of rotatable bonds is 5. The van der Waals surface area contributed by atoms with Gasteiger partial charge in [-0.2, -0.15) is 0 Å². The van der Waals surface area contributed by atoms with Gasteiger partial charge in [-0.3, -0.25) is 0 Å². The van der Waals surface area contributed by atoms with Crippen molar-refractivity contribution in [2.75, 3.05) is 12.4 Å². The summed E-state index contributed by atoms with van der Waals surface area (Å²) < 4.78 is 5.43. The minimum absolute atomic E-state index is 0.529. The highest BCUT2D eigenvalue weighted by Crippen LogP contribution is 2.25. The number of ether oxygens (including phenoxy) is 1. The Balaban J connectivity index is 2.16. The molecule has 1 N–H and O–H groups in total. The summed E-state index contributed by atoms with van der Waals surface area (Å²) in [7, 11) is 1.72. The lowest BCUT2D eigenvalue weighted by Crippen LogP contribution is -2.03. The van der Waals surface area contributed by atoms with E-state index in [0.717, 1.165) is 18.0 Å². The minimum Gasteiger partial charge on any atom is -0.496 e. The molecule has 0 atom stereocenters. The Morgan fingerprint density at radius 1 is 1.05 bits per heavy atom. The van der Waals surface area contributed by atoms with E-state index in [0.29, 0.717) is 5.92 Å². The van der Waals surface area contributed by atoms with Gasteiger partial charge in [-0.1, -0.05) is 44.2 Å². The third-order valence-electron chi connectivity index (χ3n) is 3.23. The van der Waals surface area contributed by atoms with Crippen LogP contribution >= 0.6 is 0 Å². The molecule has 0 aromatic heterocycles. The maximum Gasteiger partial charge on any atom is 0.123 e. The maximum atomic E-state index is 5.43. The zero-order chi connectivity index (χ0) is 13.7. The molecule has 100 valence electrons. The molecular weight excluding hydrogens is 234 g/mol. The van der Waals surface area contributed by atoms with E-state index in [9.17, 15) is 0 Å². The Morgan fingerprint density at radius 2 is 1.79 bits per heavy atom. The fourth-order valence-electron chi connectivity index (χ4n) is 2.05. The number of methoxy groups -OCH3 is 1. The van der Waals surface area contributed by atoms with Gasteiger partial charge in [0.2, 0.25) is 0 Å². The molecule has 0 radical (unpaired) electrons. The standard InChI is InChI=1S/C17H21NO/c1-13(2)14-9-10-17(19-3)15(11-14)12-18-16-7-5-4-6-8-16/h4-11,13,18H,12H2,1-3H3. The van der Waals surface area contributed by atoms with Gasteiger partial charge in [-0.25, -0.2) is 0 Å². The molecule has 2 aromatic carbocycles. The van der Waals surface area contributed by atoms with Crippen LogP contribution in [0.5, 0.6) is 5.75 Å². The lowest BCUT2D eigenvalue weighted by atomic mass is 10.00. The van der Waals surface area contributed by atoms with Gasteiger partial charge >= 0.3 is 0 Å². The van der Waals surface area contributed by atoms with Crippen LogP contribution in [-0.2, 0) is 6.54 Å². The van der Waals surface area contributed by atoms with Crippen LogP contribution in [0.3, 0.4) is 0 Å². The molecular formula is C17H21NO. The molecule has 0 amide bonds. The number of para-hydroxylation sites is 1. The average molecular weight is 255 g/mol. The molecule has 2 nitrogen and oxygen atoms in total. The van der Waals surface area contributed by atoms with Crippen LogP contribution in [-0.4, -0.2) is 7.11 Å². The molecule has 0 heterocycles. The summed E-state index contributed by atoms with van der Waals surface area (Å²) in [5.74, 6) is 1.47. The van der Waals surface area contributed by atoms with Crippen LogP contribution in [0.4, 0.5) is 5.69 Å². The van der Waals surface area contributed by atoms with Gasteiger partial charge in [0.05, 0.1) is 7.11 Å². The van der Waals surface area contributed by atoms with Gasteiger partial charge in [0.1, 0.15) is 5.75 Å². The topological polar surface area (TPSA) is 21.3 Å². The highest BCUT2D eigenvalue weighted by atomic mass is 16.5. The number of hydrogen-bond donors (Lipinski definition) is 1. The van der Waals surface area contributed by atoms with Crippen molar-refractivity contribution in [3.05, 3.63) is 59.7 Å². The first kappa shape index (κ1) is 13.5. The summed E-state index contributed by atoms with van der Waals surface area (Å²) in [4.78, 5) is 0. The molecule has 0 saturated carbocycles. The normalized spacial score (nSPS) is 10.5. The zero-order valence-electron chi connectivity index (χ0n) is 11.8. The molecule has 0 spiro atoms.